The smallest absolute Gasteiger partial charge is 0.328 e. The number of allylic oxidation sites excluding steroid dienone is 5. The normalized spacial score (nSPS) is 12.7. The first-order chi connectivity index (χ1) is 11.6. The van der Waals surface area contributed by atoms with Gasteiger partial charge in [0.05, 0.1) is 4.92 Å². The summed E-state index contributed by atoms with van der Waals surface area (Å²) in [5, 5.41) is 19.9. The summed E-state index contributed by atoms with van der Waals surface area (Å²) < 4.78 is 0. The molecule has 0 aliphatic carbocycles. The Balaban J connectivity index is 2.89. The first kappa shape index (κ1) is 20.4. The number of aliphatic carboxylic acids is 1. The summed E-state index contributed by atoms with van der Waals surface area (Å²) in [6, 6.07) is 1.87. The molecular formula is C20H25NO4. The minimum atomic E-state index is -0.963. The van der Waals surface area contributed by atoms with Crippen LogP contribution in [0.15, 0.2) is 41.5 Å². The summed E-state index contributed by atoms with van der Waals surface area (Å²) in [4.78, 5) is 21.5. The van der Waals surface area contributed by atoms with Crippen molar-refractivity contribution < 1.29 is 14.8 Å². The van der Waals surface area contributed by atoms with Crippen molar-refractivity contribution in [3.8, 4) is 0 Å². The Morgan fingerprint density at radius 3 is 2.44 bits per heavy atom. The number of carbonyl (C=O) groups is 1. The maximum absolute atomic E-state index is 11.3. The number of carboxylic acid groups (broad SMARTS) is 1. The first-order valence-corrected chi connectivity index (χ1v) is 8.12. The van der Waals surface area contributed by atoms with Gasteiger partial charge in [-0.1, -0.05) is 23.8 Å². The Hall–Kier alpha value is -2.69. The van der Waals surface area contributed by atoms with Crippen LogP contribution < -0.4 is 0 Å². The topological polar surface area (TPSA) is 80.4 Å². The van der Waals surface area contributed by atoms with E-state index in [2.05, 4.69) is 0 Å². The van der Waals surface area contributed by atoms with Crippen LogP contribution in [0.1, 0.15) is 42.5 Å². The van der Waals surface area contributed by atoms with Crippen LogP contribution in [0.25, 0.3) is 0 Å². The zero-order valence-electron chi connectivity index (χ0n) is 15.4. The molecule has 0 aliphatic rings. The van der Waals surface area contributed by atoms with Crippen LogP contribution in [0.4, 0.5) is 5.69 Å². The number of hydrogen-bond acceptors (Lipinski definition) is 3. The van der Waals surface area contributed by atoms with E-state index in [0.717, 1.165) is 41.2 Å². The van der Waals surface area contributed by atoms with Crippen LogP contribution in [0.3, 0.4) is 0 Å². The summed E-state index contributed by atoms with van der Waals surface area (Å²) in [6.45, 7) is 9.29. The highest BCUT2D eigenvalue weighted by molar-refractivity contribution is 5.81. The molecule has 25 heavy (non-hydrogen) atoms. The predicted molar refractivity (Wildman–Crippen MR) is 99.9 cm³/mol. The molecule has 0 aliphatic heterocycles. The Bertz CT molecular complexity index is 770. The Morgan fingerprint density at radius 1 is 1.24 bits per heavy atom. The summed E-state index contributed by atoms with van der Waals surface area (Å²) in [6.07, 6.45) is 8.17. The fourth-order valence-electron chi connectivity index (χ4n) is 2.89. The van der Waals surface area contributed by atoms with Gasteiger partial charge in [-0.2, -0.15) is 0 Å². The predicted octanol–water partition coefficient (Wildman–Crippen LogP) is 4.99. The number of nitro groups is 1. The lowest BCUT2D eigenvalue weighted by atomic mass is 9.93. The molecule has 1 rings (SSSR count). The number of nitro benzene ring substituents is 1. The van der Waals surface area contributed by atoms with Crippen molar-refractivity contribution in [2.75, 3.05) is 0 Å². The van der Waals surface area contributed by atoms with Gasteiger partial charge in [0.1, 0.15) is 0 Å². The number of hydrogen-bond donors (Lipinski definition) is 1. The molecule has 0 saturated carbocycles. The third kappa shape index (κ3) is 6.03. The number of benzene rings is 1. The molecule has 0 amide bonds. The molecule has 0 radical (unpaired) electrons. The third-order valence-electron chi connectivity index (χ3n) is 4.13. The highest BCUT2D eigenvalue weighted by Gasteiger charge is 2.19. The van der Waals surface area contributed by atoms with Gasteiger partial charge < -0.3 is 5.11 Å². The lowest BCUT2D eigenvalue weighted by molar-refractivity contribution is -0.386. The van der Waals surface area contributed by atoms with Crippen LogP contribution in [0, 0.1) is 30.9 Å². The van der Waals surface area contributed by atoms with Crippen molar-refractivity contribution in [3.05, 3.63) is 73.9 Å². The standard InChI is InChI=1S/C20H25NO4/c1-13(7-6-8-14(2)11-19(22)23)9-10-18-15(3)12-16(4)20(17(18)5)21(24)25/h6-8,11-12H,9-10H2,1-5H3,(H,22,23)/b8-6+,13-7+,14-11+. The second-order valence-corrected chi connectivity index (χ2v) is 6.32. The molecule has 5 heteroatoms. The van der Waals surface area contributed by atoms with E-state index >= 15 is 0 Å². The van der Waals surface area contributed by atoms with Gasteiger partial charge in [0.25, 0.3) is 5.69 Å². The van der Waals surface area contributed by atoms with Gasteiger partial charge in [-0.3, -0.25) is 10.1 Å². The molecule has 0 spiro atoms. The van der Waals surface area contributed by atoms with E-state index in [1.807, 2.05) is 39.0 Å². The molecule has 0 unspecified atom stereocenters. The molecule has 1 aromatic carbocycles. The monoisotopic (exact) mass is 343 g/mol. The van der Waals surface area contributed by atoms with E-state index in [1.54, 1.807) is 19.9 Å². The molecule has 0 atom stereocenters. The van der Waals surface area contributed by atoms with E-state index in [0.29, 0.717) is 11.1 Å². The van der Waals surface area contributed by atoms with Crippen molar-refractivity contribution in [2.45, 2.75) is 47.5 Å². The number of rotatable bonds is 7. The Morgan fingerprint density at radius 2 is 1.88 bits per heavy atom. The molecule has 1 N–H and O–H groups in total. The highest BCUT2D eigenvalue weighted by atomic mass is 16.6. The molecule has 1 aromatic rings. The van der Waals surface area contributed by atoms with Gasteiger partial charge >= 0.3 is 5.97 Å². The molecule has 0 fully saturated rings. The Kier molecular flexibility index (Phi) is 7.30. The van der Waals surface area contributed by atoms with E-state index in [1.165, 1.54) is 0 Å². The summed E-state index contributed by atoms with van der Waals surface area (Å²) in [5.74, 6) is -0.963. The molecule has 134 valence electrons. The molecule has 0 saturated heterocycles. The lowest BCUT2D eigenvalue weighted by Crippen LogP contribution is -2.02. The summed E-state index contributed by atoms with van der Waals surface area (Å²) in [7, 11) is 0. The fourth-order valence-corrected chi connectivity index (χ4v) is 2.89. The van der Waals surface area contributed by atoms with Crippen molar-refractivity contribution in [1.82, 2.24) is 0 Å². The van der Waals surface area contributed by atoms with Gasteiger partial charge in [0, 0.05) is 17.2 Å². The highest BCUT2D eigenvalue weighted by Crippen LogP contribution is 2.30. The Labute approximate surface area is 148 Å². The maximum Gasteiger partial charge on any atom is 0.328 e. The maximum atomic E-state index is 11.3. The minimum absolute atomic E-state index is 0.205. The second-order valence-electron chi connectivity index (χ2n) is 6.32. The van der Waals surface area contributed by atoms with Crippen molar-refractivity contribution >= 4 is 11.7 Å². The van der Waals surface area contributed by atoms with Crippen molar-refractivity contribution in [2.24, 2.45) is 0 Å². The van der Waals surface area contributed by atoms with E-state index in [4.69, 9.17) is 5.11 Å². The summed E-state index contributed by atoms with van der Waals surface area (Å²) >= 11 is 0. The van der Waals surface area contributed by atoms with Gasteiger partial charge in [0.15, 0.2) is 0 Å². The average molecular weight is 343 g/mol. The second kappa shape index (κ2) is 8.97. The van der Waals surface area contributed by atoms with Gasteiger partial charge in [-0.05, 0) is 70.2 Å². The quantitative estimate of drug-likeness (QED) is 0.327. The SMILES string of the molecule is CC(/C=C/C=C(\C)CCc1c(C)cc(C)c([N+](=O)[O-])c1C)=C\C(=O)O. The molecule has 0 aromatic heterocycles. The lowest BCUT2D eigenvalue weighted by Gasteiger charge is -2.12. The first-order valence-electron chi connectivity index (χ1n) is 8.12. The molecule has 0 heterocycles. The van der Waals surface area contributed by atoms with E-state index in [9.17, 15) is 14.9 Å². The molecular weight excluding hydrogens is 318 g/mol. The number of nitrogens with zero attached hydrogens (tertiary/aromatic N) is 1. The van der Waals surface area contributed by atoms with Crippen molar-refractivity contribution in [1.29, 1.82) is 0 Å². The van der Waals surface area contributed by atoms with E-state index in [-0.39, 0.29) is 10.6 Å². The summed E-state index contributed by atoms with van der Waals surface area (Å²) in [5.41, 5.74) is 5.53. The minimum Gasteiger partial charge on any atom is -0.478 e. The number of carboxylic acids is 1. The van der Waals surface area contributed by atoms with Gasteiger partial charge in [-0.25, -0.2) is 4.79 Å². The van der Waals surface area contributed by atoms with Crippen LogP contribution >= 0.6 is 0 Å². The fraction of sp³-hybridized carbons (Fsp3) is 0.350. The van der Waals surface area contributed by atoms with Gasteiger partial charge in [0.2, 0.25) is 0 Å². The molecule has 0 bridgehead atoms. The zero-order chi connectivity index (χ0) is 19.1. The molecule has 5 nitrogen and oxygen atoms in total. The average Bonchev–Trinajstić information content (AvgIpc) is 2.45. The van der Waals surface area contributed by atoms with Gasteiger partial charge in [-0.15, -0.1) is 0 Å². The van der Waals surface area contributed by atoms with Crippen LogP contribution in [-0.4, -0.2) is 16.0 Å². The van der Waals surface area contributed by atoms with Crippen molar-refractivity contribution in [3.63, 3.8) is 0 Å². The van der Waals surface area contributed by atoms with E-state index < -0.39 is 5.97 Å². The van der Waals surface area contributed by atoms with Crippen LogP contribution in [-0.2, 0) is 11.2 Å². The van der Waals surface area contributed by atoms with Crippen LogP contribution in [0.2, 0.25) is 0 Å². The van der Waals surface area contributed by atoms with Crippen LogP contribution in [0.5, 0.6) is 0 Å². The number of aryl methyl sites for hydroxylation is 2. The third-order valence-corrected chi connectivity index (χ3v) is 4.13. The zero-order valence-corrected chi connectivity index (χ0v) is 15.4. The largest absolute Gasteiger partial charge is 0.478 e.